The lowest BCUT2D eigenvalue weighted by Crippen LogP contribution is -2.19. The van der Waals surface area contributed by atoms with Crippen molar-refractivity contribution < 1.29 is 9.90 Å². The molecule has 20 heavy (non-hydrogen) atoms. The number of hydrogen-bond acceptors (Lipinski definition) is 2. The second-order valence-corrected chi connectivity index (χ2v) is 6.95. The third kappa shape index (κ3) is 1.87. The lowest BCUT2D eigenvalue weighted by atomic mass is 9.82. The summed E-state index contributed by atoms with van der Waals surface area (Å²) in [5, 5.41) is 14.1. The van der Waals surface area contributed by atoms with Gasteiger partial charge in [0.25, 0.3) is 0 Å². The standard InChI is InChI=1S/C16H18ClNO2/c17-13-7-14-10(6-15(19)18-14)5-12(13)16(20)11-4-8-1-2-9(11)3-8/h5,7-9,11,16,20H,1-4,6H2,(H,18,19). The SMILES string of the molecule is O=C1Cc2cc(C(O)C3CC4CCC3C4)c(Cl)cc2N1. The van der Waals surface area contributed by atoms with Crippen LogP contribution in [0.1, 0.15) is 42.9 Å². The smallest absolute Gasteiger partial charge is 0.228 e. The first kappa shape index (κ1) is 12.7. The van der Waals surface area contributed by atoms with Crippen LogP contribution >= 0.6 is 11.6 Å². The third-order valence-corrected chi connectivity index (χ3v) is 5.69. The highest BCUT2D eigenvalue weighted by Crippen LogP contribution is 2.53. The van der Waals surface area contributed by atoms with Crippen LogP contribution in [0.15, 0.2) is 12.1 Å². The Balaban J connectivity index is 1.65. The lowest BCUT2D eigenvalue weighted by Gasteiger charge is -2.28. The summed E-state index contributed by atoms with van der Waals surface area (Å²) in [6.07, 6.45) is 4.86. The number of aliphatic hydroxyl groups is 1. The van der Waals surface area contributed by atoms with Crippen LogP contribution in [0.25, 0.3) is 0 Å². The zero-order chi connectivity index (χ0) is 13.9. The number of hydrogen-bond donors (Lipinski definition) is 2. The predicted molar refractivity (Wildman–Crippen MR) is 77.7 cm³/mol. The highest BCUT2D eigenvalue weighted by atomic mass is 35.5. The van der Waals surface area contributed by atoms with E-state index >= 15 is 0 Å². The molecule has 2 fully saturated rings. The molecule has 0 spiro atoms. The van der Waals surface area contributed by atoms with E-state index in [0.29, 0.717) is 23.3 Å². The van der Waals surface area contributed by atoms with Gasteiger partial charge in [0.15, 0.2) is 0 Å². The molecule has 3 nitrogen and oxygen atoms in total. The van der Waals surface area contributed by atoms with Crippen LogP contribution in [0.5, 0.6) is 0 Å². The molecule has 4 atom stereocenters. The zero-order valence-corrected chi connectivity index (χ0v) is 12.0. The van der Waals surface area contributed by atoms with Crippen LogP contribution in [0.4, 0.5) is 5.69 Å². The predicted octanol–water partition coefficient (Wildman–Crippen LogP) is 3.30. The molecule has 0 radical (unpaired) electrons. The van der Waals surface area contributed by atoms with Gasteiger partial charge >= 0.3 is 0 Å². The van der Waals surface area contributed by atoms with Crippen LogP contribution in [0, 0.1) is 17.8 Å². The summed E-state index contributed by atoms with van der Waals surface area (Å²) < 4.78 is 0. The maximum Gasteiger partial charge on any atom is 0.228 e. The van der Waals surface area contributed by atoms with E-state index in [0.717, 1.165) is 29.2 Å². The maximum absolute atomic E-state index is 11.4. The molecule has 4 heteroatoms. The van der Waals surface area contributed by atoms with Crippen molar-refractivity contribution in [3.05, 3.63) is 28.3 Å². The normalized spacial score (nSPS) is 32.3. The number of rotatable bonds is 2. The van der Waals surface area contributed by atoms with Crippen molar-refractivity contribution in [2.45, 2.75) is 38.2 Å². The van der Waals surface area contributed by atoms with Gasteiger partial charge in [-0.2, -0.15) is 0 Å². The van der Waals surface area contributed by atoms with Gasteiger partial charge in [-0.1, -0.05) is 18.0 Å². The van der Waals surface area contributed by atoms with Gasteiger partial charge in [-0.25, -0.2) is 0 Å². The molecule has 1 aliphatic heterocycles. The molecule has 1 amide bonds. The monoisotopic (exact) mass is 291 g/mol. The van der Waals surface area contributed by atoms with Crippen molar-refractivity contribution in [3.8, 4) is 0 Å². The fourth-order valence-corrected chi connectivity index (χ4v) is 4.68. The van der Waals surface area contributed by atoms with Gasteiger partial charge in [-0.3, -0.25) is 4.79 Å². The van der Waals surface area contributed by atoms with Crippen LogP contribution in [0.2, 0.25) is 5.02 Å². The van der Waals surface area contributed by atoms with E-state index in [1.807, 2.05) is 6.07 Å². The molecular formula is C16H18ClNO2. The number of fused-ring (bicyclic) bond motifs is 3. The Morgan fingerprint density at radius 3 is 2.85 bits per heavy atom. The van der Waals surface area contributed by atoms with E-state index in [-0.39, 0.29) is 5.91 Å². The molecule has 3 aliphatic rings. The average molecular weight is 292 g/mol. The van der Waals surface area contributed by atoms with E-state index in [9.17, 15) is 9.90 Å². The Hall–Kier alpha value is -1.06. The largest absolute Gasteiger partial charge is 0.388 e. The highest BCUT2D eigenvalue weighted by Gasteiger charge is 2.43. The number of carbonyl (C=O) groups excluding carboxylic acids is 1. The average Bonchev–Trinajstić information content (AvgIpc) is 3.10. The van der Waals surface area contributed by atoms with Gasteiger partial charge < -0.3 is 10.4 Å². The van der Waals surface area contributed by atoms with Crippen molar-refractivity contribution in [2.75, 3.05) is 5.32 Å². The molecule has 2 bridgehead atoms. The number of amides is 1. The summed E-state index contributed by atoms with van der Waals surface area (Å²) in [7, 11) is 0. The molecular weight excluding hydrogens is 274 g/mol. The van der Waals surface area contributed by atoms with Crippen LogP contribution in [0.3, 0.4) is 0 Å². The molecule has 4 unspecified atom stereocenters. The number of nitrogens with one attached hydrogen (secondary N) is 1. The van der Waals surface area contributed by atoms with Crippen molar-refractivity contribution in [1.82, 2.24) is 0 Å². The molecule has 1 aromatic carbocycles. The quantitative estimate of drug-likeness (QED) is 0.878. The number of anilines is 1. The van der Waals surface area contributed by atoms with Crippen molar-refractivity contribution in [3.63, 3.8) is 0 Å². The number of benzene rings is 1. The van der Waals surface area contributed by atoms with E-state index < -0.39 is 6.10 Å². The van der Waals surface area contributed by atoms with Gasteiger partial charge in [-0.05, 0) is 60.3 Å². The lowest BCUT2D eigenvalue weighted by molar-refractivity contribution is -0.115. The summed E-state index contributed by atoms with van der Waals surface area (Å²) in [4.78, 5) is 11.4. The molecule has 1 heterocycles. The Kier molecular flexibility index (Phi) is 2.83. The summed E-state index contributed by atoms with van der Waals surface area (Å²) in [5.41, 5.74) is 2.56. The summed E-state index contributed by atoms with van der Waals surface area (Å²) in [5.74, 6) is 1.80. The molecule has 2 aliphatic carbocycles. The van der Waals surface area contributed by atoms with Gasteiger partial charge in [-0.15, -0.1) is 0 Å². The molecule has 2 saturated carbocycles. The molecule has 0 saturated heterocycles. The highest BCUT2D eigenvalue weighted by molar-refractivity contribution is 6.32. The van der Waals surface area contributed by atoms with Crippen molar-refractivity contribution in [2.24, 2.45) is 17.8 Å². The van der Waals surface area contributed by atoms with Crippen LogP contribution in [-0.2, 0) is 11.2 Å². The van der Waals surface area contributed by atoms with Gasteiger partial charge in [0, 0.05) is 10.7 Å². The minimum Gasteiger partial charge on any atom is -0.388 e. The second-order valence-electron chi connectivity index (χ2n) is 6.54. The van der Waals surface area contributed by atoms with Crippen molar-refractivity contribution in [1.29, 1.82) is 0 Å². The van der Waals surface area contributed by atoms with E-state index in [1.54, 1.807) is 6.07 Å². The van der Waals surface area contributed by atoms with Gasteiger partial charge in [0.2, 0.25) is 5.91 Å². The first-order valence-electron chi connectivity index (χ1n) is 7.42. The number of aliphatic hydroxyl groups excluding tert-OH is 1. The van der Waals surface area contributed by atoms with Crippen LogP contribution < -0.4 is 5.32 Å². The number of carbonyl (C=O) groups is 1. The van der Waals surface area contributed by atoms with Crippen LogP contribution in [-0.4, -0.2) is 11.0 Å². The molecule has 0 aromatic heterocycles. The first-order chi connectivity index (χ1) is 9.61. The third-order valence-electron chi connectivity index (χ3n) is 5.36. The Bertz CT molecular complexity index is 586. The topological polar surface area (TPSA) is 49.3 Å². The van der Waals surface area contributed by atoms with E-state index in [1.165, 1.54) is 19.3 Å². The van der Waals surface area contributed by atoms with Gasteiger partial charge in [0.05, 0.1) is 12.5 Å². The Morgan fingerprint density at radius 2 is 2.15 bits per heavy atom. The second kappa shape index (κ2) is 4.47. The summed E-state index contributed by atoms with van der Waals surface area (Å²) in [6, 6.07) is 3.71. The number of halogens is 1. The first-order valence-corrected chi connectivity index (χ1v) is 7.80. The minimum absolute atomic E-state index is 0.00243. The fraction of sp³-hybridized carbons (Fsp3) is 0.562. The summed E-state index contributed by atoms with van der Waals surface area (Å²) >= 11 is 6.32. The Labute approximate surface area is 123 Å². The minimum atomic E-state index is -0.487. The zero-order valence-electron chi connectivity index (χ0n) is 11.2. The van der Waals surface area contributed by atoms with Crippen molar-refractivity contribution >= 4 is 23.2 Å². The molecule has 2 N–H and O–H groups in total. The summed E-state index contributed by atoms with van der Waals surface area (Å²) in [6.45, 7) is 0. The maximum atomic E-state index is 11.4. The molecule has 1 aromatic rings. The fourth-order valence-electron chi connectivity index (χ4n) is 4.41. The molecule has 106 valence electrons. The molecule has 4 rings (SSSR count). The van der Waals surface area contributed by atoms with Gasteiger partial charge in [0.1, 0.15) is 0 Å². The van der Waals surface area contributed by atoms with E-state index in [4.69, 9.17) is 11.6 Å². The van der Waals surface area contributed by atoms with E-state index in [2.05, 4.69) is 5.32 Å². The Morgan fingerprint density at radius 1 is 1.30 bits per heavy atom.